The highest BCUT2D eigenvalue weighted by Crippen LogP contribution is 2.23. The maximum atomic E-state index is 5.77. The molecule has 2 aromatic carbocycles. The van der Waals surface area contributed by atoms with Crippen LogP contribution in [0.25, 0.3) is 22.2 Å². The summed E-state index contributed by atoms with van der Waals surface area (Å²) in [6.07, 6.45) is 1.49. The molecular formula is C18H14ClN3O2. The first kappa shape index (κ1) is 16.0. The highest BCUT2D eigenvalue weighted by molar-refractivity contribution is 5.85. The molecule has 0 aliphatic carbocycles. The number of para-hydroxylation sites is 1. The Labute approximate surface area is 144 Å². The molecule has 0 spiro atoms. The van der Waals surface area contributed by atoms with Crippen LogP contribution in [0.4, 0.5) is 0 Å². The highest BCUT2D eigenvalue weighted by atomic mass is 35.5. The molecule has 120 valence electrons. The van der Waals surface area contributed by atoms with E-state index in [-0.39, 0.29) is 19.0 Å². The van der Waals surface area contributed by atoms with E-state index in [2.05, 4.69) is 15.1 Å². The van der Waals surface area contributed by atoms with Gasteiger partial charge in [-0.15, -0.1) is 12.4 Å². The minimum absolute atomic E-state index is 0. The Kier molecular flexibility index (Phi) is 4.72. The largest absolute Gasteiger partial charge is 0.469 e. The van der Waals surface area contributed by atoms with Crippen LogP contribution in [0.15, 0.2) is 71.5 Å². The molecule has 0 bridgehead atoms. The second kappa shape index (κ2) is 7.10. The molecule has 0 saturated carbocycles. The van der Waals surface area contributed by atoms with Crippen molar-refractivity contribution in [3.8, 4) is 17.1 Å². The molecule has 2 heterocycles. The molecule has 0 amide bonds. The van der Waals surface area contributed by atoms with Crippen LogP contribution in [0.3, 0.4) is 0 Å². The molecule has 24 heavy (non-hydrogen) atoms. The number of hydrogen-bond donors (Lipinski definition) is 0. The molecule has 4 aromatic rings. The van der Waals surface area contributed by atoms with E-state index >= 15 is 0 Å². The van der Waals surface area contributed by atoms with Gasteiger partial charge in [0.1, 0.15) is 12.0 Å². The molecule has 0 aliphatic heterocycles. The molecule has 0 atom stereocenters. The topological polar surface area (TPSA) is 61.0 Å². The Morgan fingerprint density at radius 1 is 0.917 bits per heavy atom. The summed E-state index contributed by atoms with van der Waals surface area (Å²) < 4.78 is 11.1. The van der Waals surface area contributed by atoms with E-state index in [0.29, 0.717) is 11.6 Å². The third-order valence-electron chi connectivity index (χ3n) is 3.49. The molecule has 0 fully saturated rings. The Morgan fingerprint density at radius 3 is 2.58 bits per heavy atom. The molecule has 2 aromatic heterocycles. The summed E-state index contributed by atoms with van der Waals surface area (Å²) in [7, 11) is 0. The van der Waals surface area contributed by atoms with Gasteiger partial charge in [-0.3, -0.25) is 0 Å². The zero-order chi connectivity index (χ0) is 15.5. The van der Waals surface area contributed by atoms with Crippen molar-refractivity contribution in [2.75, 3.05) is 0 Å². The van der Waals surface area contributed by atoms with E-state index in [1.54, 1.807) is 0 Å². The van der Waals surface area contributed by atoms with Crippen molar-refractivity contribution >= 4 is 23.3 Å². The van der Waals surface area contributed by atoms with E-state index < -0.39 is 0 Å². The van der Waals surface area contributed by atoms with Gasteiger partial charge in [-0.2, -0.15) is 0 Å². The minimum atomic E-state index is 0. The van der Waals surface area contributed by atoms with Crippen LogP contribution in [0, 0.1) is 0 Å². The van der Waals surface area contributed by atoms with Gasteiger partial charge in [-0.25, -0.2) is 9.97 Å². The monoisotopic (exact) mass is 339 g/mol. The number of nitrogens with zero attached hydrogens (tertiary/aromatic N) is 3. The van der Waals surface area contributed by atoms with Crippen molar-refractivity contribution in [1.29, 1.82) is 0 Å². The maximum Gasteiger partial charge on any atom is 0.224 e. The van der Waals surface area contributed by atoms with Gasteiger partial charge in [-0.1, -0.05) is 47.6 Å². The van der Waals surface area contributed by atoms with Gasteiger partial charge in [0, 0.05) is 11.6 Å². The molecule has 6 heteroatoms. The third-order valence-corrected chi connectivity index (χ3v) is 3.49. The second-order valence-corrected chi connectivity index (χ2v) is 5.03. The van der Waals surface area contributed by atoms with Crippen LogP contribution in [0.2, 0.25) is 0 Å². The summed E-state index contributed by atoms with van der Waals surface area (Å²) in [5, 5.41) is 4.95. The van der Waals surface area contributed by atoms with Gasteiger partial charge >= 0.3 is 0 Å². The summed E-state index contributed by atoms with van der Waals surface area (Å²) in [6.45, 7) is 0.265. The van der Waals surface area contributed by atoms with Crippen LogP contribution in [0.1, 0.15) is 5.76 Å². The predicted molar refractivity (Wildman–Crippen MR) is 93.1 cm³/mol. The van der Waals surface area contributed by atoms with Gasteiger partial charge < -0.3 is 9.26 Å². The number of rotatable bonds is 4. The molecule has 4 rings (SSSR count). The number of halogens is 1. The lowest BCUT2D eigenvalue weighted by molar-refractivity contribution is 0.244. The smallest absolute Gasteiger partial charge is 0.224 e. The van der Waals surface area contributed by atoms with E-state index in [9.17, 15) is 0 Å². The Hall–Kier alpha value is -2.92. The quantitative estimate of drug-likeness (QED) is 0.555. The van der Waals surface area contributed by atoms with E-state index in [4.69, 9.17) is 9.26 Å². The summed E-state index contributed by atoms with van der Waals surface area (Å²) >= 11 is 0. The zero-order valence-electron chi connectivity index (χ0n) is 12.6. The predicted octanol–water partition coefficient (Wildman–Crippen LogP) is 4.29. The molecule has 0 radical (unpaired) electrons. The summed E-state index contributed by atoms with van der Waals surface area (Å²) in [4.78, 5) is 8.41. The number of fused-ring (bicyclic) bond motifs is 1. The SMILES string of the molecule is Cl.c1ccc(-c2cc(COc3ncnc4ccccc34)on2)cc1. The summed E-state index contributed by atoms with van der Waals surface area (Å²) in [5.74, 6) is 1.18. The average Bonchev–Trinajstić information content (AvgIpc) is 3.10. The number of hydrogen-bond acceptors (Lipinski definition) is 5. The number of benzene rings is 2. The van der Waals surface area contributed by atoms with Gasteiger partial charge in [0.25, 0.3) is 0 Å². The number of ether oxygens (including phenoxy) is 1. The highest BCUT2D eigenvalue weighted by Gasteiger charge is 2.09. The normalized spacial score (nSPS) is 10.3. The van der Waals surface area contributed by atoms with E-state index in [0.717, 1.165) is 22.2 Å². The first-order valence-corrected chi connectivity index (χ1v) is 7.24. The fourth-order valence-electron chi connectivity index (χ4n) is 2.36. The minimum Gasteiger partial charge on any atom is -0.469 e. The van der Waals surface area contributed by atoms with Crippen LogP contribution < -0.4 is 4.74 Å². The second-order valence-electron chi connectivity index (χ2n) is 5.03. The van der Waals surface area contributed by atoms with E-state index in [1.807, 2.05) is 60.7 Å². The zero-order valence-corrected chi connectivity index (χ0v) is 13.4. The Balaban J connectivity index is 0.00000169. The van der Waals surface area contributed by atoms with Crippen LogP contribution in [0.5, 0.6) is 5.88 Å². The van der Waals surface area contributed by atoms with Crippen molar-refractivity contribution in [2.45, 2.75) is 6.61 Å². The first-order chi connectivity index (χ1) is 11.4. The molecular weight excluding hydrogens is 326 g/mol. The van der Waals surface area contributed by atoms with Gasteiger partial charge in [0.05, 0.1) is 10.9 Å². The fourth-order valence-corrected chi connectivity index (χ4v) is 2.36. The molecule has 5 nitrogen and oxygen atoms in total. The lowest BCUT2D eigenvalue weighted by atomic mass is 10.1. The molecule has 0 unspecified atom stereocenters. The van der Waals surface area contributed by atoms with Crippen LogP contribution in [-0.4, -0.2) is 15.1 Å². The maximum absolute atomic E-state index is 5.77. The molecule has 0 saturated heterocycles. The van der Waals surface area contributed by atoms with Gasteiger partial charge in [-0.05, 0) is 12.1 Å². The van der Waals surface area contributed by atoms with Crippen molar-refractivity contribution in [2.24, 2.45) is 0 Å². The molecule has 0 aliphatic rings. The average molecular weight is 340 g/mol. The van der Waals surface area contributed by atoms with Crippen molar-refractivity contribution in [3.05, 3.63) is 72.8 Å². The third kappa shape index (κ3) is 3.21. The molecule has 0 N–H and O–H groups in total. The van der Waals surface area contributed by atoms with Crippen molar-refractivity contribution in [3.63, 3.8) is 0 Å². The first-order valence-electron chi connectivity index (χ1n) is 7.24. The lowest BCUT2D eigenvalue weighted by Gasteiger charge is -2.05. The lowest BCUT2D eigenvalue weighted by Crippen LogP contribution is -1.97. The fraction of sp³-hybridized carbons (Fsp3) is 0.0556. The van der Waals surface area contributed by atoms with Gasteiger partial charge in [0.2, 0.25) is 5.88 Å². The van der Waals surface area contributed by atoms with Crippen molar-refractivity contribution < 1.29 is 9.26 Å². The Morgan fingerprint density at radius 2 is 1.71 bits per heavy atom. The van der Waals surface area contributed by atoms with Gasteiger partial charge in [0.15, 0.2) is 12.4 Å². The van der Waals surface area contributed by atoms with Crippen molar-refractivity contribution in [1.82, 2.24) is 15.1 Å². The summed E-state index contributed by atoms with van der Waals surface area (Å²) in [5.41, 5.74) is 2.65. The Bertz CT molecular complexity index is 936. The standard InChI is InChI=1S/C18H13N3O2.ClH/c1-2-6-13(7-3-1)17-10-14(23-21-17)11-22-18-15-8-4-5-9-16(15)19-12-20-18;/h1-10,12H,11H2;1H. The van der Waals surface area contributed by atoms with Crippen LogP contribution in [-0.2, 0) is 6.61 Å². The van der Waals surface area contributed by atoms with Crippen LogP contribution >= 0.6 is 12.4 Å². The van der Waals surface area contributed by atoms with E-state index in [1.165, 1.54) is 6.33 Å². The number of aromatic nitrogens is 3. The summed E-state index contributed by atoms with van der Waals surface area (Å²) in [6, 6.07) is 19.5.